The standard InChI is InChI=1S/C11H15ClN2O3/c1-3-17-11-9(12)4-8(6-14-11)10(16)13-5-7(2)15/h4,6-7,15H,3,5H2,1-2H3,(H,13,16). The molecule has 6 heteroatoms. The Morgan fingerprint density at radius 2 is 2.41 bits per heavy atom. The highest BCUT2D eigenvalue weighted by Gasteiger charge is 2.10. The first kappa shape index (κ1) is 13.7. The fourth-order valence-corrected chi connectivity index (χ4v) is 1.36. The van der Waals surface area contributed by atoms with Gasteiger partial charge in [0.2, 0.25) is 5.88 Å². The Bertz CT molecular complexity index is 396. The molecule has 1 unspecified atom stereocenters. The number of nitrogens with zero attached hydrogens (tertiary/aromatic N) is 1. The highest BCUT2D eigenvalue weighted by Crippen LogP contribution is 2.22. The zero-order valence-electron chi connectivity index (χ0n) is 9.74. The molecule has 2 N–H and O–H groups in total. The van der Waals surface area contributed by atoms with E-state index in [0.717, 1.165) is 0 Å². The number of ether oxygens (including phenoxy) is 1. The van der Waals surface area contributed by atoms with E-state index in [1.807, 2.05) is 6.92 Å². The molecular formula is C11H15ClN2O3. The zero-order valence-corrected chi connectivity index (χ0v) is 10.5. The molecule has 0 saturated heterocycles. The molecular weight excluding hydrogens is 244 g/mol. The number of halogens is 1. The molecule has 0 fully saturated rings. The van der Waals surface area contributed by atoms with Crippen molar-refractivity contribution in [1.82, 2.24) is 10.3 Å². The van der Waals surface area contributed by atoms with Crippen LogP contribution in [0.2, 0.25) is 5.02 Å². The normalized spacial score (nSPS) is 12.0. The SMILES string of the molecule is CCOc1ncc(C(=O)NCC(C)O)cc1Cl. The topological polar surface area (TPSA) is 71.5 Å². The van der Waals surface area contributed by atoms with Crippen molar-refractivity contribution in [2.75, 3.05) is 13.2 Å². The molecule has 0 aliphatic rings. The van der Waals surface area contributed by atoms with Crippen LogP contribution in [0.1, 0.15) is 24.2 Å². The Morgan fingerprint density at radius 3 is 2.94 bits per heavy atom. The van der Waals surface area contributed by atoms with E-state index in [2.05, 4.69) is 10.3 Å². The molecule has 0 aliphatic carbocycles. The van der Waals surface area contributed by atoms with Gasteiger partial charge in [0.15, 0.2) is 0 Å². The molecule has 0 aliphatic heterocycles. The Labute approximate surface area is 105 Å². The minimum Gasteiger partial charge on any atom is -0.477 e. The van der Waals surface area contributed by atoms with Crippen LogP contribution in [0.4, 0.5) is 0 Å². The predicted octanol–water partition coefficient (Wildman–Crippen LogP) is 1.24. The van der Waals surface area contributed by atoms with E-state index in [-0.39, 0.29) is 17.5 Å². The highest BCUT2D eigenvalue weighted by molar-refractivity contribution is 6.32. The second-order valence-corrected chi connectivity index (χ2v) is 3.91. The summed E-state index contributed by atoms with van der Waals surface area (Å²) in [6.07, 6.45) is 0.791. The summed E-state index contributed by atoms with van der Waals surface area (Å²) in [5, 5.41) is 11.9. The quantitative estimate of drug-likeness (QED) is 0.834. The summed E-state index contributed by atoms with van der Waals surface area (Å²) >= 11 is 5.90. The summed E-state index contributed by atoms with van der Waals surface area (Å²) in [5.41, 5.74) is 0.333. The largest absolute Gasteiger partial charge is 0.477 e. The van der Waals surface area contributed by atoms with Gasteiger partial charge in [-0.05, 0) is 19.9 Å². The van der Waals surface area contributed by atoms with Gasteiger partial charge >= 0.3 is 0 Å². The van der Waals surface area contributed by atoms with Crippen molar-refractivity contribution in [3.05, 3.63) is 22.8 Å². The molecule has 1 heterocycles. The van der Waals surface area contributed by atoms with Crippen LogP contribution in [0.5, 0.6) is 5.88 Å². The van der Waals surface area contributed by atoms with E-state index in [0.29, 0.717) is 18.1 Å². The predicted molar refractivity (Wildman–Crippen MR) is 64.4 cm³/mol. The number of carbonyl (C=O) groups is 1. The summed E-state index contributed by atoms with van der Waals surface area (Å²) in [6.45, 7) is 4.05. The number of amides is 1. The van der Waals surface area contributed by atoms with Crippen molar-refractivity contribution >= 4 is 17.5 Å². The lowest BCUT2D eigenvalue weighted by molar-refractivity contribution is 0.0923. The first-order valence-electron chi connectivity index (χ1n) is 5.29. The smallest absolute Gasteiger partial charge is 0.252 e. The van der Waals surface area contributed by atoms with Crippen LogP contribution >= 0.6 is 11.6 Å². The molecule has 0 saturated carbocycles. The van der Waals surface area contributed by atoms with Crippen molar-refractivity contribution in [3.63, 3.8) is 0 Å². The van der Waals surface area contributed by atoms with Crippen LogP contribution in [-0.4, -0.2) is 35.3 Å². The average Bonchev–Trinajstić information content (AvgIpc) is 2.28. The fraction of sp³-hybridized carbons (Fsp3) is 0.455. The van der Waals surface area contributed by atoms with Crippen molar-refractivity contribution in [2.45, 2.75) is 20.0 Å². The zero-order chi connectivity index (χ0) is 12.8. The molecule has 0 bridgehead atoms. The first-order valence-corrected chi connectivity index (χ1v) is 5.67. The molecule has 1 amide bonds. The van der Waals surface area contributed by atoms with Gasteiger partial charge in [0.1, 0.15) is 5.02 Å². The Hall–Kier alpha value is -1.33. The summed E-state index contributed by atoms with van der Waals surface area (Å²) in [6, 6.07) is 1.48. The van der Waals surface area contributed by atoms with Gasteiger partial charge in [-0.1, -0.05) is 11.6 Å². The first-order chi connectivity index (χ1) is 8.04. The van der Waals surface area contributed by atoms with Gasteiger partial charge in [-0.3, -0.25) is 4.79 Å². The Balaban J connectivity index is 2.72. The molecule has 0 radical (unpaired) electrons. The number of hydrogen-bond donors (Lipinski definition) is 2. The van der Waals surface area contributed by atoms with Crippen LogP contribution in [0, 0.1) is 0 Å². The molecule has 17 heavy (non-hydrogen) atoms. The average molecular weight is 259 g/mol. The second kappa shape index (κ2) is 6.42. The third kappa shape index (κ3) is 4.20. The molecule has 5 nitrogen and oxygen atoms in total. The summed E-state index contributed by atoms with van der Waals surface area (Å²) in [7, 11) is 0. The number of aliphatic hydroxyl groups is 1. The minimum atomic E-state index is -0.593. The van der Waals surface area contributed by atoms with Gasteiger partial charge in [-0.25, -0.2) is 4.98 Å². The third-order valence-electron chi connectivity index (χ3n) is 1.91. The molecule has 1 aromatic rings. The van der Waals surface area contributed by atoms with Gasteiger partial charge in [0.25, 0.3) is 5.91 Å². The Morgan fingerprint density at radius 1 is 1.71 bits per heavy atom. The van der Waals surface area contributed by atoms with Crippen molar-refractivity contribution < 1.29 is 14.6 Å². The summed E-state index contributed by atoms with van der Waals surface area (Å²) in [4.78, 5) is 15.5. The van der Waals surface area contributed by atoms with E-state index in [4.69, 9.17) is 21.4 Å². The Kier molecular flexibility index (Phi) is 5.18. The molecule has 1 aromatic heterocycles. The second-order valence-electron chi connectivity index (χ2n) is 3.50. The van der Waals surface area contributed by atoms with Crippen LogP contribution in [0.25, 0.3) is 0 Å². The maximum atomic E-state index is 11.6. The van der Waals surface area contributed by atoms with Crippen LogP contribution in [0.15, 0.2) is 12.3 Å². The lowest BCUT2D eigenvalue weighted by atomic mass is 10.2. The van der Waals surface area contributed by atoms with Crippen LogP contribution < -0.4 is 10.1 Å². The number of aliphatic hydroxyl groups excluding tert-OH is 1. The van der Waals surface area contributed by atoms with E-state index in [1.165, 1.54) is 12.3 Å². The summed E-state index contributed by atoms with van der Waals surface area (Å²) < 4.78 is 5.15. The molecule has 0 spiro atoms. The van der Waals surface area contributed by atoms with Crippen molar-refractivity contribution in [2.24, 2.45) is 0 Å². The van der Waals surface area contributed by atoms with Gasteiger partial charge < -0.3 is 15.2 Å². The number of aromatic nitrogens is 1. The van der Waals surface area contributed by atoms with E-state index < -0.39 is 6.10 Å². The number of pyridine rings is 1. The molecule has 94 valence electrons. The highest BCUT2D eigenvalue weighted by atomic mass is 35.5. The summed E-state index contributed by atoms with van der Waals surface area (Å²) in [5.74, 6) is -0.0235. The van der Waals surface area contributed by atoms with Crippen molar-refractivity contribution in [3.8, 4) is 5.88 Å². The lowest BCUT2D eigenvalue weighted by Gasteiger charge is -2.08. The molecule has 0 aromatic carbocycles. The number of rotatable bonds is 5. The van der Waals surface area contributed by atoms with E-state index in [1.54, 1.807) is 6.92 Å². The lowest BCUT2D eigenvalue weighted by Crippen LogP contribution is -2.30. The third-order valence-corrected chi connectivity index (χ3v) is 2.18. The number of hydrogen-bond acceptors (Lipinski definition) is 4. The van der Waals surface area contributed by atoms with Crippen molar-refractivity contribution in [1.29, 1.82) is 0 Å². The molecule has 1 atom stereocenters. The van der Waals surface area contributed by atoms with Gasteiger partial charge in [0.05, 0.1) is 18.3 Å². The molecule has 1 rings (SSSR count). The fourth-order valence-electron chi connectivity index (χ4n) is 1.13. The number of carbonyl (C=O) groups excluding carboxylic acids is 1. The maximum absolute atomic E-state index is 11.6. The monoisotopic (exact) mass is 258 g/mol. The van der Waals surface area contributed by atoms with E-state index in [9.17, 15) is 4.79 Å². The number of nitrogens with one attached hydrogen (secondary N) is 1. The van der Waals surface area contributed by atoms with Gasteiger partial charge in [-0.15, -0.1) is 0 Å². The maximum Gasteiger partial charge on any atom is 0.252 e. The van der Waals surface area contributed by atoms with Gasteiger partial charge in [0, 0.05) is 12.7 Å². The van der Waals surface area contributed by atoms with Crippen LogP contribution in [0.3, 0.4) is 0 Å². The van der Waals surface area contributed by atoms with Gasteiger partial charge in [-0.2, -0.15) is 0 Å². The van der Waals surface area contributed by atoms with E-state index >= 15 is 0 Å². The minimum absolute atomic E-state index is 0.184. The van der Waals surface area contributed by atoms with Crippen LogP contribution in [-0.2, 0) is 0 Å².